The van der Waals surface area contributed by atoms with E-state index in [4.69, 9.17) is 0 Å². The van der Waals surface area contributed by atoms with Crippen molar-refractivity contribution in [2.45, 2.75) is 18.0 Å². The number of aromatic nitrogens is 1. The van der Waals surface area contributed by atoms with Crippen molar-refractivity contribution in [1.82, 2.24) is 15.6 Å². The van der Waals surface area contributed by atoms with Gasteiger partial charge in [-0.3, -0.25) is 14.9 Å². The maximum Gasteiger partial charge on any atom is 0.236 e. The number of fused-ring (bicyclic) bond motifs is 1. The van der Waals surface area contributed by atoms with Gasteiger partial charge in [0.15, 0.2) is 5.13 Å². The number of hydrogen-bond acceptors (Lipinski definition) is 6. The first-order valence-electron chi connectivity index (χ1n) is 8.55. The fourth-order valence-electron chi connectivity index (χ4n) is 2.90. The third kappa shape index (κ3) is 4.47. The van der Waals surface area contributed by atoms with Crippen molar-refractivity contribution in [3.05, 3.63) is 60.2 Å². The Hall–Kier alpha value is -2.42. The number of benzene rings is 2. The highest BCUT2D eigenvalue weighted by Crippen LogP contribution is 2.26. The summed E-state index contributed by atoms with van der Waals surface area (Å²) in [4.78, 5) is 28.7. The average molecular weight is 399 g/mol. The number of carbonyl (C=O) groups excluding carboxylic acids is 2. The highest BCUT2D eigenvalue weighted by molar-refractivity contribution is 8.00. The monoisotopic (exact) mass is 398 g/mol. The molecular formula is C19H18N4O2S2. The molecule has 1 aliphatic rings. The summed E-state index contributed by atoms with van der Waals surface area (Å²) in [6.45, 7) is 0. The number of rotatable bonds is 5. The molecular weight excluding hydrogens is 380 g/mol. The number of para-hydroxylation sites is 1. The molecule has 1 saturated heterocycles. The quantitative estimate of drug-likeness (QED) is 0.615. The standard InChI is InChI=1S/C19H18N4O2S2/c24-16-10-14(12-6-2-1-3-7-12)21-18(22-16)26-11-17(25)23-19-20-13-8-4-5-9-15(13)27-19/h1-9,14,18,21H,10-11H2,(H,22,24)(H,20,23,25). The van der Waals surface area contributed by atoms with Gasteiger partial charge in [-0.2, -0.15) is 0 Å². The van der Waals surface area contributed by atoms with Gasteiger partial charge in [-0.1, -0.05) is 53.8 Å². The molecule has 138 valence electrons. The van der Waals surface area contributed by atoms with Gasteiger partial charge in [0.1, 0.15) is 5.50 Å². The van der Waals surface area contributed by atoms with Gasteiger partial charge in [-0.05, 0) is 17.7 Å². The van der Waals surface area contributed by atoms with Crippen LogP contribution < -0.4 is 16.0 Å². The van der Waals surface area contributed by atoms with E-state index in [1.165, 1.54) is 23.1 Å². The molecule has 2 atom stereocenters. The molecule has 3 aromatic rings. The van der Waals surface area contributed by atoms with Crippen LogP contribution in [0.5, 0.6) is 0 Å². The molecule has 4 rings (SSSR count). The molecule has 1 fully saturated rings. The lowest BCUT2D eigenvalue weighted by Gasteiger charge is -2.31. The summed E-state index contributed by atoms with van der Waals surface area (Å²) in [6.07, 6.45) is 0.388. The van der Waals surface area contributed by atoms with E-state index in [9.17, 15) is 9.59 Å². The summed E-state index contributed by atoms with van der Waals surface area (Å²) < 4.78 is 1.03. The summed E-state index contributed by atoms with van der Waals surface area (Å²) in [5.74, 6) is 0.0543. The zero-order valence-electron chi connectivity index (χ0n) is 14.3. The molecule has 8 heteroatoms. The lowest BCUT2D eigenvalue weighted by molar-refractivity contribution is -0.123. The van der Waals surface area contributed by atoms with Crippen molar-refractivity contribution < 1.29 is 9.59 Å². The number of nitrogens with one attached hydrogen (secondary N) is 3. The van der Waals surface area contributed by atoms with Crippen LogP contribution in [0.25, 0.3) is 10.2 Å². The van der Waals surface area contributed by atoms with E-state index < -0.39 is 0 Å². The Bertz CT molecular complexity index is 928. The van der Waals surface area contributed by atoms with Crippen LogP contribution in [0.15, 0.2) is 54.6 Å². The number of anilines is 1. The SMILES string of the molecule is O=C(CSC1NC(=O)CC(c2ccccc2)N1)Nc1nc2ccccc2s1. The molecule has 2 unspecified atom stereocenters. The summed E-state index contributed by atoms with van der Waals surface area (Å²) in [5, 5.41) is 9.68. The molecule has 1 aromatic heterocycles. The van der Waals surface area contributed by atoms with E-state index in [2.05, 4.69) is 20.9 Å². The predicted octanol–water partition coefficient (Wildman–Crippen LogP) is 3.10. The smallest absolute Gasteiger partial charge is 0.236 e. The number of nitrogens with zero attached hydrogens (tertiary/aromatic N) is 1. The minimum Gasteiger partial charge on any atom is -0.332 e. The number of thiazole rings is 1. The number of amides is 2. The van der Waals surface area contributed by atoms with Gasteiger partial charge in [0, 0.05) is 12.5 Å². The number of thioether (sulfide) groups is 1. The molecule has 0 saturated carbocycles. The summed E-state index contributed by atoms with van der Waals surface area (Å²) in [5.41, 5.74) is 1.63. The second kappa shape index (κ2) is 8.08. The molecule has 6 nitrogen and oxygen atoms in total. The van der Waals surface area contributed by atoms with Gasteiger partial charge in [0.05, 0.1) is 16.0 Å². The fraction of sp³-hybridized carbons (Fsp3) is 0.211. The molecule has 0 radical (unpaired) electrons. The van der Waals surface area contributed by atoms with Crippen LogP contribution in [-0.2, 0) is 9.59 Å². The van der Waals surface area contributed by atoms with Crippen molar-refractivity contribution in [2.24, 2.45) is 0 Å². The molecule has 2 amide bonds. The minimum absolute atomic E-state index is 0.0216. The number of hydrogen-bond donors (Lipinski definition) is 3. The Labute approximate surface area is 164 Å². The van der Waals surface area contributed by atoms with Crippen LogP contribution in [0, 0.1) is 0 Å². The first kappa shape index (κ1) is 18.0. The maximum atomic E-state index is 12.3. The molecule has 0 aliphatic carbocycles. The summed E-state index contributed by atoms with van der Waals surface area (Å²) in [6, 6.07) is 17.6. The van der Waals surface area contributed by atoms with E-state index in [1.807, 2.05) is 54.6 Å². The highest BCUT2D eigenvalue weighted by atomic mass is 32.2. The number of carbonyl (C=O) groups is 2. The Morgan fingerprint density at radius 3 is 2.78 bits per heavy atom. The molecule has 2 heterocycles. The lowest BCUT2D eigenvalue weighted by Crippen LogP contribution is -2.51. The highest BCUT2D eigenvalue weighted by Gasteiger charge is 2.27. The Morgan fingerprint density at radius 1 is 1.19 bits per heavy atom. The van der Waals surface area contributed by atoms with Crippen molar-refractivity contribution in [2.75, 3.05) is 11.1 Å². The van der Waals surface area contributed by atoms with E-state index in [1.54, 1.807) is 0 Å². The van der Waals surface area contributed by atoms with E-state index in [0.717, 1.165) is 15.8 Å². The molecule has 2 aromatic carbocycles. The van der Waals surface area contributed by atoms with Gasteiger partial charge in [0.25, 0.3) is 0 Å². The van der Waals surface area contributed by atoms with Gasteiger partial charge in [-0.25, -0.2) is 4.98 Å². The zero-order valence-corrected chi connectivity index (χ0v) is 16.0. The second-order valence-electron chi connectivity index (χ2n) is 6.13. The van der Waals surface area contributed by atoms with E-state index in [-0.39, 0.29) is 29.1 Å². The van der Waals surface area contributed by atoms with Crippen LogP contribution in [0.1, 0.15) is 18.0 Å². The van der Waals surface area contributed by atoms with Crippen LogP contribution in [0.3, 0.4) is 0 Å². The normalized spacial score (nSPS) is 19.6. The van der Waals surface area contributed by atoms with Crippen LogP contribution in [-0.4, -0.2) is 28.0 Å². The first-order chi connectivity index (χ1) is 13.2. The van der Waals surface area contributed by atoms with Crippen LogP contribution >= 0.6 is 23.1 Å². The first-order valence-corrected chi connectivity index (χ1v) is 10.4. The van der Waals surface area contributed by atoms with Crippen LogP contribution in [0.2, 0.25) is 0 Å². The largest absolute Gasteiger partial charge is 0.332 e. The third-order valence-electron chi connectivity index (χ3n) is 4.16. The van der Waals surface area contributed by atoms with Crippen LogP contribution in [0.4, 0.5) is 5.13 Å². The lowest BCUT2D eigenvalue weighted by atomic mass is 10.0. The zero-order chi connectivity index (χ0) is 18.6. The molecule has 3 N–H and O–H groups in total. The van der Waals surface area contributed by atoms with Crippen molar-refractivity contribution >= 4 is 50.3 Å². The van der Waals surface area contributed by atoms with Crippen molar-refractivity contribution in [3.8, 4) is 0 Å². The van der Waals surface area contributed by atoms with Gasteiger partial charge >= 0.3 is 0 Å². The molecule has 27 heavy (non-hydrogen) atoms. The third-order valence-corrected chi connectivity index (χ3v) is 6.13. The summed E-state index contributed by atoms with van der Waals surface area (Å²) >= 11 is 2.80. The van der Waals surface area contributed by atoms with Gasteiger partial charge < -0.3 is 10.6 Å². The average Bonchev–Trinajstić information content (AvgIpc) is 3.09. The molecule has 0 spiro atoms. The predicted molar refractivity (Wildman–Crippen MR) is 110 cm³/mol. The van der Waals surface area contributed by atoms with Crippen molar-refractivity contribution in [1.29, 1.82) is 0 Å². The van der Waals surface area contributed by atoms with Gasteiger partial charge in [0.2, 0.25) is 11.8 Å². The van der Waals surface area contributed by atoms with Crippen molar-refractivity contribution in [3.63, 3.8) is 0 Å². The topological polar surface area (TPSA) is 83.1 Å². The Morgan fingerprint density at radius 2 is 1.96 bits per heavy atom. The minimum atomic E-state index is -0.308. The summed E-state index contributed by atoms with van der Waals surface area (Å²) in [7, 11) is 0. The molecule has 1 aliphatic heterocycles. The van der Waals surface area contributed by atoms with E-state index >= 15 is 0 Å². The Balaban J connectivity index is 1.33. The Kier molecular flexibility index (Phi) is 5.38. The maximum absolute atomic E-state index is 12.3. The second-order valence-corrected chi connectivity index (χ2v) is 8.25. The fourth-order valence-corrected chi connectivity index (χ4v) is 4.65. The molecule has 0 bridgehead atoms. The van der Waals surface area contributed by atoms with Gasteiger partial charge in [-0.15, -0.1) is 11.8 Å². The van der Waals surface area contributed by atoms with E-state index in [0.29, 0.717) is 11.6 Å².